The Morgan fingerprint density at radius 1 is 0.818 bits per heavy atom. The topological polar surface area (TPSA) is 123 Å². The molecular formula is C10H6Cl2O7S3. The average Bonchev–Trinajstić information content (AvgIpc) is 2.33. The van der Waals surface area contributed by atoms with Gasteiger partial charge >= 0.3 is 0 Å². The molecule has 0 atom stereocenters. The maximum absolute atomic E-state index is 11.8. The highest BCUT2D eigenvalue weighted by Gasteiger charge is 2.34. The Labute approximate surface area is 135 Å². The van der Waals surface area contributed by atoms with Gasteiger partial charge in [0.05, 0.1) is 0 Å². The van der Waals surface area contributed by atoms with Gasteiger partial charge in [-0.05, 0) is 11.5 Å². The monoisotopic (exact) mass is 404 g/mol. The fourth-order valence-corrected chi connectivity index (χ4v) is 6.70. The zero-order chi connectivity index (χ0) is 16.9. The van der Waals surface area contributed by atoms with Crippen LogP contribution in [0.1, 0.15) is 0 Å². The summed E-state index contributed by atoms with van der Waals surface area (Å²) in [5.74, 6) is 0. The lowest BCUT2D eigenvalue weighted by atomic mass is 10.1. The second-order valence-corrected chi connectivity index (χ2v) is 10.5. The third-order valence-corrected chi connectivity index (χ3v) is 6.57. The maximum atomic E-state index is 11.8. The SMILES string of the molecule is O=S(=O)(O)c1cc2ccccc2c(S(=O)(=O)Cl)c1S(=O)(=O)Cl. The van der Waals surface area contributed by atoms with Crippen LogP contribution in [0.25, 0.3) is 10.8 Å². The fourth-order valence-electron chi connectivity index (χ4n) is 1.94. The molecule has 0 amide bonds. The molecule has 0 aliphatic carbocycles. The first-order valence-corrected chi connectivity index (χ1v) is 11.3. The summed E-state index contributed by atoms with van der Waals surface area (Å²) in [5.41, 5.74) is 0. The molecule has 0 saturated heterocycles. The van der Waals surface area contributed by atoms with Gasteiger partial charge in [0.1, 0.15) is 14.7 Å². The fraction of sp³-hybridized carbons (Fsp3) is 0. The van der Waals surface area contributed by atoms with Crippen molar-refractivity contribution < 1.29 is 29.8 Å². The first-order chi connectivity index (χ1) is 9.83. The molecule has 0 bridgehead atoms. The smallest absolute Gasteiger partial charge is 0.282 e. The van der Waals surface area contributed by atoms with Crippen molar-refractivity contribution in [1.82, 2.24) is 0 Å². The molecule has 0 aliphatic rings. The van der Waals surface area contributed by atoms with Crippen LogP contribution in [0.15, 0.2) is 45.0 Å². The summed E-state index contributed by atoms with van der Waals surface area (Å²) >= 11 is 0. The van der Waals surface area contributed by atoms with Crippen molar-refractivity contribution in [3.05, 3.63) is 30.3 Å². The Morgan fingerprint density at radius 3 is 1.77 bits per heavy atom. The molecule has 0 fully saturated rings. The summed E-state index contributed by atoms with van der Waals surface area (Å²) in [6.07, 6.45) is 0. The average molecular weight is 405 g/mol. The lowest BCUT2D eigenvalue weighted by Crippen LogP contribution is -2.11. The van der Waals surface area contributed by atoms with E-state index in [0.29, 0.717) is 0 Å². The molecule has 0 aliphatic heterocycles. The molecule has 0 heterocycles. The van der Waals surface area contributed by atoms with E-state index in [1.165, 1.54) is 24.3 Å². The Kier molecular flexibility index (Phi) is 4.22. The van der Waals surface area contributed by atoms with Gasteiger partial charge in [-0.1, -0.05) is 24.3 Å². The van der Waals surface area contributed by atoms with Crippen LogP contribution in [-0.4, -0.2) is 29.8 Å². The van der Waals surface area contributed by atoms with E-state index in [4.69, 9.17) is 21.4 Å². The molecular weight excluding hydrogens is 399 g/mol. The van der Waals surface area contributed by atoms with Gasteiger partial charge in [0.2, 0.25) is 0 Å². The molecule has 0 radical (unpaired) electrons. The number of rotatable bonds is 3. The van der Waals surface area contributed by atoms with E-state index in [9.17, 15) is 29.8 Å². The summed E-state index contributed by atoms with van der Waals surface area (Å²) < 4.78 is 78.9. The maximum Gasteiger partial charge on any atom is 0.295 e. The highest BCUT2D eigenvalue weighted by molar-refractivity contribution is 8.16. The summed E-state index contributed by atoms with van der Waals surface area (Å²) in [7, 11) is -4.22. The highest BCUT2D eigenvalue weighted by atomic mass is 35.7. The Balaban J connectivity index is 3.32. The summed E-state index contributed by atoms with van der Waals surface area (Å²) in [5, 5.41) is -0.109. The van der Waals surface area contributed by atoms with Gasteiger partial charge in [0, 0.05) is 26.8 Å². The number of benzene rings is 2. The van der Waals surface area contributed by atoms with Crippen LogP contribution in [-0.2, 0) is 28.2 Å². The molecule has 120 valence electrons. The molecule has 2 aromatic carbocycles. The van der Waals surface area contributed by atoms with E-state index in [1.54, 1.807) is 0 Å². The van der Waals surface area contributed by atoms with Gasteiger partial charge in [-0.25, -0.2) is 16.8 Å². The number of hydrogen-bond acceptors (Lipinski definition) is 6. The molecule has 2 rings (SSSR count). The van der Waals surface area contributed by atoms with Crippen LogP contribution in [0.4, 0.5) is 0 Å². The van der Waals surface area contributed by atoms with E-state index in [-0.39, 0.29) is 10.8 Å². The number of halogens is 2. The van der Waals surface area contributed by atoms with E-state index < -0.39 is 42.9 Å². The second-order valence-electron chi connectivity index (χ2n) is 4.10. The molecule has 12 heteroatoms. The lowest BCUT2D eigenvalue weighted by Gasteiger charge is -2.12. The van der Waals surface area contributed by atoms with Crippen LogP contribution in [0.3, 0.4) is 0 Å². The van der Waals surface area contributed by atoms with E-state index in [0.717, 1.165) is 6.07 Å². The van der Waals surface area contributed by atoms with Crippen molar-refractivity contribution in [3.8, 4) is 0 Å². The predicted molar refractivity (Wildman–Crippen MR) is 79.8 cm³/mol. The van der Waals surface area contributed by atoms with Gasteiger partial charge in [0.25, 0.3) is 28.2 Å². The summed E-state index contributed by atoms with van der Waals surface area (Å²) in [6.45, 7) is 0. The van der Waals surface area contributed by atoms with Gasteiger partial charge in [0.15, 0.2) is 0 Å². The Morgan fingerprint density at radius 2 is 1.32 bits per heavy atom. The van der Waals surface area contributed by atoms with Crippen LogP contribution in [0.2, 0.25) is 0 Å². The lowest BCUT2D eigenvalue weighted by molar-refractivity contribution is 0.479. The van der Waals surface area contributed by atoms with Crippen molar-refractivity contribution in [2.45, 2.75) is 14.7 Å². The molecule has 0 spiro atoms. The van der Waals surface area contributed by atoms with Crippen LogP contribution >= 0.6 is 21.4 Å². The molecule has 0 aromatic heterocycles. The van der Waals surface area contributed by atoms with E-state index in [1.807, 2.05) is 0 Å². The first kappa shape index (κ1) is 17.4. The minimum atomic E-state index is -5.08. The zero-order valence-electron chi connectivity index (χ0n) is 10.3. The molecule has 22 heavy (non-hydrogen) atoms. The quantitative estimate of drug-likeness (QED) is 0.612. The van der Waals surface area contributed by atoms with Crippen LogP contribution < -0.4 is 0 Å². The van der Waals surface area contributed by atoms with Gasteiger partial charge < -0.3 is 0 Å². The third-order valence-electron chi connectivity index (χ3n) is 2.69. The Bertz CT molecular complexity index is 1090. The van der Waals surface area contributed by atoms with Crippen LogP contribution in [0, 0.1) is 0 Å². The molecule has 2 aromatic rings. The van der Waals surface area contributed by atoms with Crippen molar-refractivity contribution in [2.24, 2.45) is 0 Å². The Hall–Kier alpha value is -0.910. The van der Waals surface area contributed by atoms with E-state index >= 15 is 0 Å². The zero-order valence-corrected chi connectivity index (χ0v) is 14.2. The largest absolute Gasteiger partial charge is 0.295 e. The van der Waals surface area contributed by atoms with Crippen molar-refractivity contribution in [3.63, 3.8) is 0 Å². The third kappa shape index (κ3) is 3.21. The summed E-state index contributed by atoms with van der Waals surface area (Å²) in [4.78, 5) is -3.46. The highest BCUT2D eigenvalue weighted by Crippen LogP contribution is 2.38. The van der Waals surface area contributed by atoms with Gasteiger partial charge in [-0.3, -0.25) is 4.55 Å². The van der Waals surface area contributed by atoms with E-state index in [2.05, 4.69) is 0 Å². The number of hydrogen-bond donors (Lipinski definition) is 1. The van der Waals surface area contributed by atoms with Crippen molar-refractivity contribution in [1.29, 1.82) is 0 Å². The molecule has 7 nitrogen and oxygen atoms in total. The molecule has 1 N–H and O–H groups in total. The standard InChI is InChI=1S/C10H6Cl2O7S3/c11-20(13,14)9-7-4-2-1-3-6(7)5-8(22(17,18)19)10(9)21(12,15)16/h1-5H,(H,17,18,19). The van der Waals surface area contributed by atoms with Crippen molar-refractivity contribution >= 4 is 60.4 Å². The normalized spacial score (nSPS) is 13.4. The first-order valence-electron chi connectivity index (χ1n) is 5.26. The molecule has 0 saturated carbocycles. The van der Waals surface area contributed by atoms with Gasteiger partial charge in [-0.15, -0.1) is 0 Å². The number of fused-ring (bicyclic) bond motifs is 1. The summed E-state index contributed by atoms with van der Waals surface area (Å²) in [6, 6.07) is 6.19. The van der Waals surface area contributed by atoms with Crippen molar-refractivity contribution in [2.75, 3.05) is 0 Å². The van der Waals surface area contributed by atoms with Gasteiger partial charge in [-0.2, -0.15) is 8.42 Å². The molecule has 0 unspecified atom stereocenters. The minimum absolute atomic E-state index is 0.0402. The second kappa shape index (κ2) is 5.32. The minimum Gasteiger partial charge on any atom is -0.282 e. The van der Waals surface area contributed by atoms with Crippen LogP contribution in [0.5, 0.6) is 0 Å². The predicted octanol–water partition coefficient (Wildman–Crippen LogP) is 1.94.